The summed E-state index contributed by atoms with van der Waals surface area (Å²) >= 11 is 0. The Labute approximate surface area is 57.5 Å². The molecule has 0 saturated heterocycles. The van der Waals surface area contributed by atoms with Crippen LogP contribution in [0.5, 0.6) is 0 Å². The van der Waals surface area contributed by atoms with E-state index < -0.39 is 0 Å². The first-order valence-corrected chi connectivity index (χ1v) is 0. The van der Waals surface area contributed by atoms with E-state index in [-0.39, 0.29) is 57.6 Å². The molecule has 0 atom stereocenters. The van der Waals surface area contributed by atoms with E-state index in [1.54, 1.807) is 0 Å². The van der Waals surface area contributed by atoms with Gasteiger partial charge in [0.05, 0.1) is 0 Å². The maximum atomic E-state index is 0. The molecule has 0 aromatic rings. The van der Waals surface area contributed by atoms with Crippen LogP contribution in [0.1, 0.15) is 0 Å². The Bertz CT molecular complexity index is 8.00. The van der Waals surface area contributed by atoms with Gasteiger partial charge < -0.3 is 5.48 Å². The maximum Gasteiger partial charge on any atom is 5.00 e. The summed E-state index contributed by atoms with van der Waals surface area (Å²) < 4.78 is 0. The zero-order chi connectivity index (χ0) is 0. The Hall–Kier alpha value is 1.56. The van der Waals surface area contributed by atoms with Crippen LogP contribution in [0.2, 0.25) is 0 Å². The minimum atomic E-state index is 0. The van der Waals surface area contributed by atoms with Crippen molar-refractivity contribution in [2.75, 3.05) is 0 Å². The Morgan fingerprint density at radius 3 is 1.00 bits per heavy atom. The fourth-order valence-electron chi connectivity index (χ4n) is 0. The van der Waals surface area contributed by atoms with E-state index in [1.807, 2.05) is 0 Å². The third kappa shape index (κ3) is 9.59. The van der Waals surface area contributed by atoms with Crippen molar-refractivity contribution >= 4 is 0 Å². The van der Waals surface area contributed by atoms with Gasteiger partial charge in [-0.2, -0.15) is 0 Å². The Kier molecular flexibility index (Phi) is 283. The van der Waals surface area contributed by atoms with Gasteiger partial charge in [0.2, 0.25) is 0 Å². The predicted molar refractivity (Wildman–Crippen MR) is 0.686 cm³/mol. The third-order valence-corrected chi connectivity index (χ3v) is 0. The molecule has 0 aliphatic rings. The van der Waals surface area contributed by atoms with Gasteiger partial charge in [0.1, 0.15) is 0 Å². The van der Waals surface area contributed by atoms with Gasteiger partial charge in [-0.3, -0.25) is 0 Å². The molecule has 0 aliphatic carbocycles. The zero-order valence-electron chi connectivity index (χ0n) is 1.53. The first-order valence-electron chi connectivity index (χ1n) is 0. The summed E-state index contributed by atoms with van der Waals surface area (Å²) in [5, 5.41) is 0. The summed E-state index contributed by atoms with van der Waals surface area (Å²) in [5.74, 6) is 0. The molecule has 0 N–H and O–H groups in total. The molecule has 0 heterocycles. The van der Waals surface area contributed by atoms with Crippen LogP contribution in [0.15, 0.2) is 0 Å². The van der Waals surface area contributed by atoms with E-state index in [9.17, 15) is 0 Å². The second-order valence-corrected chi connectivity index (χ2v) is 0. The molecule has 0 rings (SSSR count). The molecular weight excluding hydrogens is 181 g/mol. The predicted octanol–water partition coefficient (Wildman–Crippen LogP) is -0.126. The second kappa shape index (κ2) is 23.8. The van der Waals surface area contributed by atoms with Crippen molar-refractivity contribution in [2.24, 2.45) is 0 Å². The van der Waals surface area contributed by atoms with Crippen molar-refractivity contribution < 1.29 is 57.6 Å². The van der Waals surface area contributed by atoms with Gasteiger partial charge >= 0.3 is 52.1 Å². The van der Waals surface area contributed by atoms with Gasteiger partial charge in [-0.1, -0.05) is 0 Å². The van der Waals surface area contributed by atoms with Crippen LogP contribution in [0.25, 0.3) is 0 Å². The van der Waals surface area contributed by atoms with Crippen LogP contribution in [0.3, 0.4) is 0 Å². The molecule has 0 unspecified atom stereocenters. The SMILES string of the molecule is [Fe+2].[Ni+2].[O-2].[V+5]. The molecule has 0 aromatic heterocycles. The average molecular weight is 181 g/mol. The molecule has 0 aliphatic heterocycles. The van der Waals surface area contributed by atoms with Crippen molar-refractivity contribution in [1.29, 1.82) is 0 Å². The van der Waals surface area contributed by atoms with Gasteiger partial charge in [0.15, 0.2) is 0 Å². The van der Waals surface area contributed by atoms with Gasteiger partial charge in [-0.05, 0) is 0 Å². The van der Waals surface area contributed by atoms with Crippen molar-refractivity contribution in [3.8, 4) is 0 Å². The number of hydrogen-bond donors (Lipinski definition) is 0. The normalized spacial score (nSPS) is 0. The molecular formula is FeNiOV+7. The van der Waals surface area contributed by atoms with E-state index >= 15 is 0 Å². The van der Waals surface area contributed by atoms with Gasteiger partial charge in [-0.25, -0.2) is 0 Å². The van der Waals surface area contributed by atoms with Gasteiger partial charge in [0, 0.05) is 0 Å². The van der Waals surface area contributed by atoms with Crippen LogP contribution in [0.4, 0.5) is 0 Å². The maximum absolute atomic E-state index is 0. The molecule has 4 heteroatoms. The zero-order valence-corrected chi connectivity index (χ0v) is 5.01. The first kappa shape index (κ1) is 47.6. The molecule has 4 heavy (non-hydrogen) atoms. The van der Waals surface area contributed by atoms with E-state index in [0.29, 0.717) is 0 Å². The molecule has 0 radical (unpaired) electrons. The van der Waals surface area contributed by atoms with Crippen LogP contribution in [-0.2, 0) is 57.6 Å². The Morgan fingerprint density at radius 1 is 1.00 bits per heavy atom. The van der Waals surface area contributed by atoms with E-state index in [4.69, 9.17) is 0 Å². The summed E-state index contributed by atoms with van der Waals surface area (Å²) in [6, 6.07) is 0. The number of hydrogen-bond acceptors (Lipinski definition) is 0. The van der Waals surface area contributed by atoms with E-state index in [1.165, 1.54) is 0 Å². The van der Waals surface area contributed by atoms with Crippen LogP contribution < -0.4 is 0 Å². The summed E-state index contributed by atoms with van der Waals surface area (Å²) in [6.45, 7) is 0. The van der Waals surface area contributed by atoms with E-state index in [2.05, 4.69) is 0 Å². The summed E-state index contributed by atoms with van der Waals surface area (Å²) in [4.78, 5) is 0. The number of rotatable bonds is 0. The minimum absolute atomic E-state index is 0. The van der Waals surface area contributed by atoms with Crippen molar-refractivity contribution in [3.05, 3.63) is 0 Å². The third-order valence-electron chi connectivity index (χ3n) is 0. The fraction of sp³-hybridized carbons (Fsp3) is 0. The Balaban J connectivity index is 0. The molecule has 0 bridgehead atoms. The fourth-order valence-corrected chi connectivity index (χ4v) is 0. The average Bonchev–Trinajstić information content (AvgIpc) is 0. The summed E-state index contributed by atoms with van der Waals surface area (Å²) in [5.41, 5.74) is 0. The smallest absolute Gasteiger partial charge is 2.00 e. The second-order valence-electron chi connectivity index (χ2n) is 0. The molecule has 0 fully saturated rings. The Morgan fingerprint density at radius 2 is 1.00 bits per heavy atom. The minimum Gasteiger partial charge on any atom is -2.00 e. The van der Waals surface area contributed by atoms with Gasteiger partial charge in [-0.15, -0.1) is 0 Å². The van der Waals surface area contributed by atoms with Crippen molar-refractivity contribution in [2.45, 2.75) is 0 Å². The van der Waals surface area contributed by atoms with Gasteiger partial charge in [0.25, 0.3) is 0 Å². The van der Waals surface area contributed by atoms with Crippen molar-refractivity contribution in [1.82, 2.24) is 0 Å². The standard InChI is InChI=1S/Fe.Ni.O.V/q2*+2;-2;+5. The van der Waals surface area contributed by atoms with E-state index in [0.717, 1.165) is 0 Å². The quantitative estimate of drug-likeness (QED) is 0.466. The molecule has 0 amide bonds. The molecule has 0 saturated carbocycles. The molecule has 1 nitrogen and oxygen atoms in total. The molecule has 0 spiro atoms. The van der Waals surface area contributed by atoms with Crippen LogP contribution in [-0.4, -0.2) is 0 Å². The van der Waals surface area contributed by atoms with Crippen molar-refractivity contribution in [3.63, 3.8) is 0 Å². The molecule has 0 aromatic carbocycles. The largest absolute Gasteiger partial charge is 5.00 e. The topological polar surface area (TPSA) is 28.5 Å². The first-order chi connectivity index (χ1) is 0. The monoisotopic (exact) mass is 181 g/mol. The summed E-state index contributed by atoms with van der Waals surface area (Å²) in [7, 11) is 0. The summed E-state index contributed by atoms with van der Waals surface area (Å²) in [6.07, 6.45) is 0. The van der Waals surface area contributed by atoms with Crippen LogP contribution in [0, 0.1) is 0 Å². The molecule has 22 valence electrons. The van der Waals surface area contributed by atoms with Crippen LogP contribution >= 0.6 is 0 Å².